The first kappa shape index (κ1) is 23.3. The Hall–Kier alpha value is -4.08. The number of aromatic amines is 1. The van der Waals surface area contributed by atoms with Gasteiger partial charge in [-0.1, -0.05) is 0 Å². The highest BCUT2D eigenvalue weighted by atomic mass is 16.5. The zero-order valence-electron chi connectivity index (χ0n) is 20.9. The molecule has 6 rings (SSSR count). The number of nitrogens with one attached hydrogen (secondary N) is 2. The number of carboxylic acids is 1. The fourth-order valence-electron chi connectivity index (χ4n) is 5.96. The molecule has 0 bridgehead atoms. The maximum atomic E-state index is 12.6. The lowest BCUT2D eigenvalue weighted by molar-refractivity contribution is -0.143. The van der Waals surface area contributed by atoms with Crippen molar-refractivity contribution in [2.75, 3.05) is 17.3 Å². The third-order valence-corrected chi connectivity index (χ3v) is 7.94. The molecular weight excluding hydrogens is 472 g/mol. The number of methoxy groups -OCH3 is 1. The number of rotatable bonds is 4. The fourth-order valence-corrected chi connectivity index (χ4v) is 5.96. The van der Waals surface area contributed by atoms with E-state index in [1.165, 1.54) is 7.11 Å². The topological polar surface area (TPSA) is 125 Å². The van der Waals surface area contributed by atoms with Gasteiger partial charge in [-0.05, 0) is 75.8 Å². The van der Waals surface area contributed by atoms with Gasteiger partial charge in [0, 0.05) is 28.7 Å². The molecular formula is C27H30N6O4. The molecule has 3 heterocycles. The van der Waals surface area contributed by atoms with Gasteiger partial charge in [0.05, 0.1) is 41.5 Å². The van der Waals surface area contributed by atoms with Gasteiger partial charge in [-0.2, -0.15) is 5.10 Å². The molecule has 2 aromatic carbocycles. The predicted molar refractivity (Wildman–Crippen MR) is 140 cm³/mol. The monoisotopic (exact) mass is 502 g/mol. The summed E-state index contributed by atoms with van der Waals surface area (Å²) in [6.45, 7) is 2.03. The summed E-state index contributed by atoms with van der Waals surface area (Å²) in [7, 11) is 1.41. The summed E-state index contributed by atoms with van der Waals surface area (Å²) >= 11 is 0. The molecule has 1 atom stereocenters. The van der Waals surface area contributed by atoms with E-state index in [1.54, 1.807) is 11.1 Å². The van der Waals surface area contributed by atoms with Crippen molar-refractivity contribution in [1.29, 1.82) is 0 Å². The maximum Gasteiger partial charge on any atom is 0.414 e. The number of hydrogen-bond donors (Lipinski definition) is 3. The van der Waals surface area contributed by atoms with Gasteiger partial charge < -0.3 is 19.7 Å². The minimum absolute atomic E-state index is 0.0320. The van der Waals surface area contributed by atoms with Crippen LogP contribution in [0.5, 0.6) is 0 Å². The second-order valence-electron chi connectivity index (χ2n) is 10.1. The van der Waals surface area contributed by atoms with Crippen LogP contribution >= 0.6 is 0 Å². The standard InChI is InChI=1S/C27H30N6O4/c1-15-3-10-20-22(32(15)27(36)37-2)11-12-23-24(20)30-26(29-18-7-4-17-14-28-31-21(17)13-18)33(23)19-8-5-16(6-9-19)25(34)35/h4,7,11-16,19H,3,5-6,8-10H2,1-2H3,(H,28,31)(H,29,30)(H,34,35). The molecule has 2 aliphatic rings. The number of aryl methyl sites for hydroxylation is 1. The average Bonchev–Trinajstić information content (AvgIpc) is 3.52. The van der Waals surface area contributed by atoms with Gasteiger partial charge in [-0.15, -0.1) is 0 Å². The fraction of sp³-hybridized carbons (Fsp3) is 0.407. The van der Waals surface area contributed by atoms with E-state index in [4.69, 9.17) is 9.72 Å². The van der Waals surface area contributed by atoms with Crippen LogP contribution in [-0.2, 0) is 16.0 Å². The van der Waals surface area contributed by atoms with Gasteiger partial charge in [-0.3, -0.25) is 14.8 Å². The Bertz CT molecular complexity index is 1500. The van der Waals surface area contributed by atoms with Crippen LogP contribution in [-0.4, -0.2) is 50.1 Å². The number of benzene rings is 2. The zero-order valence-corrected chi connectivity index (χ0v) is 20.9. The van der Waals surface area contributed by atoms with Crippen LogP contribution in [0.15, 0.2) is 36.5 Å². The number of carboxylic acid groups (broad SMARTS) is 1. The van der Waals surface area contributed by atoms with E-state index in [-0.39, 0.29) is 24.1 Å². The summed E-state index contributed by atoms with van der Waals surface area (Å²) in [5.74, 6) is -0.302. The normalized spacial score (nSPS) is 21.7. The number of imidazole rings is 1. The number of carbonyl (C=O) groups is 2. The predicted octanol–water partition coefficient (Wildman–Crippen LogP) is 5.38. The highest BCUT2D eigenvalue weighted by Gasteiger charge is 2.33. The van der Waals surface area contributed by atoms with Gasteiger partial charge in [0.1, 0.15) is 0 Å². The Morgan fingerprint density at radius 3 is 2.70 bits per heavy atom. The second-order valence-corrected chi connectivity index (χ2v) is 10.1. The van der Waals surface area contributed by atoms with Crippen molar-refractivity contribution in [2.45, 2.75) is 57.5 Å². The van der Waals surface area contributed by atoms with E-state index >= 15 is 0 Å². The highest BCUT2D eigenvalue weighted by Crippen LogP contribution is 2.42. The van der Waals surface area contributed by atoms with Crippen molar-refractivity contribution < 1.29 is 19.4 Å². The van der Waals surface area contributed by atoms with Crippen LogP contribution in [0.1, 0.15) is 50.6 Å². The largest absolute Gasteiger partial charge is 0.481 e. The van der Waals surface area contributed by atoms with Crippen molar-refractivity contribution in [3.63, 3.8) is 0 Å². The van der Waals surface area contributed by atoms with Crippen LogP contribution in [0.3, 0.4) is 0 Å². The summed E-state index contributed by atoms with van der Waals surface area (Å²) in [5, 5.41) is 21.2. The number of aromatic nitrogens is 4. The zero-order chi connectivity index (χ0) is 25.7. The number of anilines is 3. The van der Waals surface area contributed by atoms with E-state index in [9.17, 15) is 14.7 Å². The molecule has 10 heteroatoms. The summed E-state index contributed by atoms with van der Waals surface area (Å²) < 4.78 is 7.31. The molecule has 0 radical (unpaired) electrons. The van der Waals surface area contributed by atoms with Crippen molar-refractivity contribution in [3.8, 4) is 0 Å². The summed E-state index contributed by atoms with van der Waals surface area (Å²) in [6.07, 6.45) is 5.84. The summed E-state index contributed by atoms with van der Waals surface area (Å²) in [4.78, 5) is 31.0. The molecule has 1 aliphatic heterocycles. The van der Waals surface area contributed by atoms with E-state index < -0.39 is 5.97 Å². The van der Waals surface area contributed by atoms with Gasteiger partial charge in [0.15, 0.2) is 0 Å². The number of nitrogens with zero attached hydrogens (tertiary/aromatic N) is 4. The van der Waals surface area contributed by atoms with Crippen molar-refractivity contribution in [3.05, 3.63) is 42.1 Å². The molecule has 1 unspecified atom stereocenters. The number of hydrogen-bond acceptors (Lipinski definition) is 6. The average molecular weight is 503 g/mol. The SMILES string of the molecule is COC(=O)N1c2ccc3c(nc(Nc4ccc5cn[nH]c5c4)n3C3CCC(C(=O)O)CC3)c2CCC1C. The third-order valence-electron chi connectivity index (χ3n) is 7.94. The lowest BCUT2D eigenvalue weighted by atomic mass is 9.86. The Labute approximate surface area is 213 Å². The highest BCUT2D eigenvalue weighted by molar-refractivity contribution is 5.96. The molecule has 1 aliphatic carbocycles. The molecule has 2 aromatic heterocycles. The molecule has 0 spiro atoms. The minimum atomic E-state index is -0.716. The molecule has 192 valence electrons. The first-order valence-corrected chi connectivity index (χ1v) is 12.8. The second kappa shape index (κ2) is 9.10. The van der Waals surface area contributed by atoms with Crippen LogP contribution in [0, 0.1) is 5.92 Å². The molecule has 3 N–H and O–H groups in total. The lowest BCUT2D eigenvalue weighted by Crippen LogP contribution is -2.42. The van der Waals surface area contributed by atoms with E-state index in [1.807, 2.05) is 37.3 Å². The first-order chi connectivity index (χ1) is 17.9. The van der Waals surface area contributed by atoms with Crippen LogP contribution in [0.2, 0.25) is 0 Å². The van der Waals surface area contributed by atoms with Crippen LogP contribution in [0.25, 0.3) is 21.9 Å². The summed E-state index contributed by atoms with van der Waals surface area (Å²) in [6, 6.07) is 10.2. The molecule has 0 saturated heterocycles. The molecule has 10 nitrogen and oxygen atoms in total. The van der Waals surface area contributed by atoms with Crippen LogP contribution < -0.4 is 10.2 Å². The van der Waals surface area contributed by atoms with Crippen molar-refractivity contribution in [1.82, 2.24) is 19.7 Å². The maximum absolute atomic E-state index is 12.6. The van der Waals surface area contributed by atoms with Crippen molar-refractivity contribution in [2.24, 2.45) is 5.92 Å². The van der Waals surface area contributed by atoms with Gasteiger partial charge >= 0.3 is 12.1 Å². The number of ether oxygens (including phenoxy) is 1. The first-order valence-electron chi connectivity index (χ1n) is 12.8. The number of fused-ring (bicyclic) bond motifs is 4. The molecule has 4 aromatic rings. The number of H-pyrrole nitrogens is 1. The Kier molecular flexibility index (Phi) is 5.73. The Morgan fingerprint density at radius 1 is 1.14 bits per heavy atom. The number of carbonyl (C=O) groups excluding carboxylic acids is 1. The van der Waals surface area contributed by atoms with Gasteiger partial charge in [-0.25, -0.2) is 9.78 Å². The molecule has 1 saturated carbocycles. The molecule has 1 amide bonds. The van der Waals surface area contributed by atoms with Gasteiger partial charge in [0.2, 0.25) is 5.95 Å². The van der Waals surface area contributed by atoms with Crippen LogP contribution in [0.4, 0.5) is 22.1 Å². The quantitative estimate of drug-likeness (QED) is 0.342. The Balaban J connectivity index is 1.46. The van der Waals surface area contributed by atoms with Gasteiger partial charge in [0.25, 0.3) is 0 Å². The summed E-state index contributed by atoms with van der Waals surface area (Å²) in [5.41, 5.74) is 5.53. The van der Waals surface area contributed by atoms with Crippen molar-refractivity contribution >= 4 is 51.3 Å². The van der Waals surface area contributed by atoms with E-state index in [0.29, 0.717) is 18.8 Å². The lowest BCUT2D eigenvalue weighted by Gasteiger charge is -2.34. The number of amides is 1. The smallest absolute Gasteiger partial charge is 0.414 e. The minimum Gasteiger partial charge on any atom is -0.481 e. The van der Waals surface area contributed by atoms with E-state index in [0.717, 1.165) is 64.6 Å². The third kappa shape index (κ3) is 3.96. The molecule has 37 heavy (non-hydrogen) atoms. The Morgan fingerprint density at radius 2 is 1.95 bits per heavy atom. The van der Waals surface area contributed by atoms with E-state index in [2.05, 4.69) is 20.1 Å². The number of aliphatic carboxylic acids is 1. The molecule has 1 fully saturated rings.